The van der Waals surface area contributed by atoms with Crippen LogP contribution in [-0.4, -0.2) is 17.4 Å². The molecule has 2 aromatic carbocycles. The monoisotopic (exact) mass is 355 g/mol. The third kappa shape index (κ3) is 5.43. The fourth-order valence-corrected chi connectivity index (χ4v) is 1.99. The maximum atomic E-state index is 12.1. The van der Waals surface area contributed by atoms with Crippen molar-refractivity contribution in [2.24, 2.45) is 5.73 Å². The zero-order chi connectivity index (χ0) is 17.7. The Morgan fingerprint density at radius 3 is 1.83 bits per heavy atom. The van der Waals surface area contributed by atoms with Gasteiger partial charge in [0.05, 0.1) is 0 Å². The number of benzene rings is 2. The summed E-state index contributed by atoms with van der Waals surface area (Å²) < 4.78 is 40.0. The summed E-state index contributed by atoms with van der Waals surface area (Å²) in [6.45, 7) is 0. The maximum absolute atomic E-state index is 12.1. The van der Waals surface area contributed by atoms with Gasteiger partial charge in [0.2, 0.25) is 5.91 Å². The summed E-state index contributed by atoms with van der Waals surface area (Å²) in [5, 5.41) is 5.90. The van der Waals surface area contributed by atoms with Crippen LogP contribution < -0.4 is 21.1 Å². The minimum Gasteiger partial charge on any atom is -0.406 e. The molecule has 126 valence electrons. The highest BCUT2D eigenvalue weighted by atomic mass is 32.1. The van der Waals surface area contributed by atoms with Crippen LogP contribution in [0.2, 0.25) is 0 Å². The SMILES string of the molecule is NC(=O)c1ccc(NC(=S)Nc2ccc(OC(F)(F)F)cc2)cc1. The molecule has 0 bridgehead atoms. The molecule has 0 saturated carbocycles. The van der Waals surface area contributed by atoms with E-state index >= 15 is 0 Å². The van der Waals surface area contributed by atoms with Gasteiger partial charge in [-0.1, -0.05) is 0 Å². The first-order valence-corrected chi connectivity index (χ1v) is 6.97. The summed E-state index contributed by atoms with van der Waals surface area (Å²) in [7, 11) is 0. The van der Waals surface area contributed by atoms with Crippen LogP contribution in [0.25, 0.3) is 0 Å². The van der Waals surface area contributed by atoms with E-state index in [0.717, 1.165) is 0 Å². The minimum atomic E-state index is -4.73. The van der Waals surface area contributed by atoms with Crippen molar-refractivity contribution in [2.45, 2.75) is 6.36 Å². The average molecular weight is 355 g/mol. The van der Waals surface area contributed by atoms with Crippen molar-refractivity contribution in [3.8, 4) is 5.75 Å². The lowest BCUT2D eigenvalue weighted by Crippen LogP contribution is -2.19. The molecule has 0 aliphatic rings. The number of hydrogen-bond donors (Lipinski definition) is 3. The Balaban J connectivity index is 1.93. The fourth-order valence-electron chi connectivity index (χ4n) is 1.75. The summed E-state index contributed by atoms with van der Waals surface area (Å²) in [6.07, 6.45) is -4.73. The van der Waals surface area contributed by atoms with Crippen LogP contribution >= 0.6 is 12.2 Å². The molecular weight excluding hydrogens is 343 g/mol. The number of rotatable bonds is 4. The van der Waals surface area contributed by atoms with Gasteiger partial charge < -0.3 is 21.1 Å². The number of anilines is 2. The van der Waals surface area contributed by atoms with E-state index in [9.17, 15) is 18.0 Å². The number of nitrogens with two attached hydrogens (primary N) is 1. The van der Waals surface area contributed by atoms with Gasteiger partial charge in [-0.3, -0.25) is 4.79 Å². The quantitative estimate of drug-likeness (QED) is 0.732. The number of carbonyl (C=O) groups is 1. The molecule has 2 rings (SSSR count). The molecule has 2 aromatic rings. The first-order valence-electron chi connectivity index (χ1n) is 6.56. The summed E-state index contributed by atoms with van der Waals surface area (Å²) >= 11 is 5.10. The van der Waals surface area contributed by atoms with Crippen LogP contribution in [0.1, 0.15) is 10.4 Å². The lowest BCUT2D eigenvalue weighted by Gasteiger charge is -2.12. The molecule has 0 saturated heterocycles. The highest BCUT2D eigenvalue weighted by molar-refractivity contribution is 7.80. The second-order valence-electron chi connectivity index (χ2n) is 4.59. The Morgan fingerprint density at radius 2 is 1.42 bits per heavy atom. The normalized spacial score (nSPS) is 10.8. The molecule has 9 heteroatoms. The van der Waals surface area contributed by atoms with Gasteiger partial charge in [-0.15, -0.1) is 13.2 Å². The number of thiocarbonyl (C=S) groups is 1. The van der Waals surface area contributed by atoms with Gasteiger partial charge in [0.15, 0.2) is 5.11 Å². The van der Waals surface area contributed by atoms with Gasteiger partial charge >= 0.3 is 6.36 Å². The van der Waals surface area contributed by atoms with E-state index in [-0.39, 0.29) is 10.9 Å². The van der Waals surface area contributed by atoms with Gasteiger partial charge in [-0.05, 0) is 60.7 Å². The number of ether oxygens (including phenoxy) is 1. The molecule has 4 N–H and O–H groups in total. The molecule has 0 aliphatic carbocycles. The molecule has 0 fully saturated rings. The Morgan fingerprint density at radius 1 is 0.958 bits per heavy atom. The maximum Gasteiger partial charge on any atom is 0.573 e. The third-order valence-electron chi connectivity index (χ3n) is 2.77. The van der Waals surface area contributed by atoms with Crippen LogP contribution in [0.4, 0.5) is 24.5 Å². The number of carbonyl (C=O) groups excluding carboxylic acids is 1. The number of hydrogen-bond acceptors (Lipinski definition) is 3. The zero-order valence-corrected chi connectivity index (χ0v) is 12.9. The number of alkyl halides is 3. The van der Waals surface area contributed by atoms with Gasteiger partial charge in [0, 0.05) is 16.9 Å². The van der Waals surface area contributed by atoms with Crippen molar-refractivity contribution in [1.82, 2.24) is 0 Å². The second-order valence-corrected chi connectivity index (χ2v) is 5.00. The van der Waals surface area contributed by atoms with Crippen LogP contribution in [0.3, 0.4) is 0 Å². The standard InChI is InChI=1S/C15H12F3N3O2S/c16-15(17,18)23-12-7-5-11(6-8-12)21-14(24)20-10-3-1-9(2-4-10)13(19)22/h1-8H,(H2,19,22)(H2,20,21,24). The highest BCUT2D eigenvalue weighted by Crippen LogP contribution is 2.24. The first-order chi connectivity index (χ1) is 11.2. The molecule has 0 heterocycles. The Hall–Kier alpha value is -2.81. The van der Waals surface area contributed by atoms with Crippen molar-refractivity contribution in [3.05, 3.63) is 54.1 Å². The number of primary amides is 1. The van der Waals surface area contributed by atoms with Crippen LogP contribution in [0.5, 0.6) is 5.75 Å². The summed E-state index contributed by atoms with van der Waals surface area (Å²) in [6, 6.07) is 11.4. The van der Waals surface area contributed by atoms with Gasteiger partial charge in [0.1, 0.15) is 5.75 Å². The predicted molar refractivity (Wildman–Crippen MR) is 87.9 cm³/mol. The highest BCUT2D eigenvalue weighted by Gasteiger charge is 2.30. The molecule has 0 aliphatic heterocycles. The number of halogens is 3. The summed E-state index contributed by atoms with van der Waals surface area (Å²) in [4.78, 5) is 11.0. The largest absolute Gasteiger partial charge is 0.573 e. The topological polar surface area (TPSA) is 76.4 Å². The fraction of sp³-hybridized carbons (Fsp3) is 0.0667. The predicted octanol–water partition coefficient (Wildman–Crippen LogP) is 3.49. The van der Waals surface area contributed by atoms with Crippen LogP contribution in [-0.2, 0) is 0 Å². The molecule has 0 spiro atoms. The third-order valence-corrected chi connectivity index (χ3v) is 2.98. The van der Waals surface area contributed by atoms with Crippen LogP contribution in [0.15, 0.2) is 48.5 Å². The number of amides is 1. The van der Waals surface area contributed by atoms with E-state index in [1.54, 1.807) is 12.1 Å². The lowest BCUT2D eigenvalue weighted by atomic mass is 10.2. The van der Waals surface area contributed by atoms with E-state index in [4.69, 9.17) is 18.0 Å². The summed E-state index contributed by atoms with van der Waals surface area (Å²) in [5.74, 6) is -0.864. The van der Waals surface area contributed by atoms with Crippen molar-refractivity contribution in [3.63, 3.8) is 0 Å². The number of nitrogens with one attached hydrogen (secondary N) is 2. The van der Waals surface area contributed by atoms with E-state index in [2.05, 4.69) is 15.4 Å². The van der Waals surface area contributed by atoms with Crippen molar-refractivity contribution < 1.29 is 22.7 Å². The van der Waals surface area contributed by atoms with Gasteiger partial charge in [0.25, 0.3) is 0 Å². The molecule has 24 heavy (non-hydrogen) atoms. The van der Waals surface area contributed by atoms with Crippen molar-refractivity contribution >= 4 is 34.6 Å². The van der Waals surface area contributed by atoms with E-state index in [1.807, 2.05) is 0 Å². The van der Waals surface area contributed by atoms with Crippen LogP contribution in [0, 0.1) is 0 Å². The Kier molecular flexibility index (Phi) is 5.24. The van der Waals surface area contributed by atoms with E-state index in [1.165, 1.54) is 36.4 Å². The smallest absolute Gasteiger partial charge is 0.406 e. The minimum absolute atomic E-state index is 0.228. The molecule has 1 amide bonds. The van der Waals surface area contributed by atoms with Crippen molar-refractivity contribution in [2.75, 3.05) is 10.6 Å². The van der Waals surface area contributed by atoms with Gasteiger partial charge in [-0.2, -0.15) is 0 Å². The molecule has 0 aromatic heterocycles. The molecule has 0 unspecified atom stereocenters. The lowest BCUT2D eigenvalue weighted by molar-refractivity contribution is -0.274. The Bertz CT molecular complexity index is 731. The molecule has 0 radical (unpaired) electrons. The molecular formula is C15H12F3N3O2S. The van der Waals surface area contributed by atoms with Crippen molar-refractivity contribution in [1.29, 1.82) is 0 Å². The van der Waals surface area contributed by atoms with E-state index in [0.29, 0.717) is 16.9 Å². The summed E-state index contributed by atoms with van der Waals surface area (Å²) in [5.41, 5.74) is 6.60. The Labute approximate surface area is 140 Å². The average Bonchev–Trinajstić information content (AvgIpc) is 2.48. The molecule has 0 atom stereocenters. The zero-order valence-electron chi connectivity index (χ0n) is 12.1. The first kappa shape index (κ1) is 17.5. The second kappa shape index (κ2) is 7.18. The van der Waals surface area contributed by atoms with Gasteiger partial charge in [-0.25, -0.2) is 0 Å². The molecule has 5 nitrogen and oxygen atoms in total. The van der Waals surface area contributed by atoms with E-state index < -0.39 is 12.3 Å².